The van der Waals surface area contributed by atoms with Gasteiger partial charge in [-0.15, -0.1) is 0 Å². The highest BCUT2D eigenvalue weighted by Gasteiger charge is 2.24. The van der Waals surface area contributed by atoms with Crippen LogP contribution in [0.15, 0.2) is 0 Å². The van der Waals surface area contributed by atoms with Gasteiger partial charge in [0.1, 0.15) is 0 Å². The predicted octanol–water partition coefficient (Wildman–Crippen LogP) is 2.48. The molecule has 92 valence electrons. The second kappa shape index (κ2) is 6.39. The number of nitriles is 1. The largest absolute Gasteiger partial charge is 0.325 e. The first-order valence-electron chi connectivity index (χ1n) is 5.93. The third kappa shape index (κ3) is 5.12. The lowest BCUT2D eigenvalue weighted by molar-refractivity contribution is 0.159. The zero-order valence-corrected chi connectivity index (χ0v) is 10.8. The molecule has 0 radical (unpaired) electrons. The third-order valence-corrected chi connectivity index (χ3v) is 4.75. The van der Waals surface area contributed by atoms with E-state index in [1.54, 1.807) is 6.66 Å². The van der Waals surface area contributed by atoms with Gasteiger partial charge >= 0.3 is 0 Å². The van der Waals surface area contributed by atoms with Crippen LogP contribution in [0, 0.1) is 11.3 Å². The van der Waals surface area contributed by atoms with Gasteiger partial charge in [-0.25, -0.2) is 0 Å². The van der Waals surface area contributed by atoms with E-state index in [4.69, 9.17) is 15.5 Å². The Morgan fingerprint density at radius 2 is 2.12 bits per heavy atom. The Bertz CT molecular complexity index is 295. The molecule has 2 unspecified atom stereocenters. The molecule has 1 aliphatic carbocycles. The monoisotopic (exact) mass is 244 g/mol. The van der Waals surface area contributed by atoms with E-state index in [0.717, 1.165) is 12.8 Å². The highest BCUT2D eigenvalue weighted by atomic mass is 31.2. The lowest BCUT2D eigenvalue weighted by Gasteiger charge is -2.25. The molecule has 1 saturated carbocycles. The van der Waals surface area contributed by atoms with E-state index in [9.17, 15) is 4.57 Å². The van der Waals surface area contributed by atoms with Crippen molar-refractivity contribution in [2.24, 2.45) is 5.73 Å². The Morgan fingerprint density at radius 1 is 1.50 bits per heavy atom. The molecule has 0 aromatic heterocycles. The number of nitrogens with zero attached hydrogens (tertiary/aromatic N) is 1. The van der Waals surface area contributed by atoms with Gasteiger partial charge in [0, 0.05) is 12.8 Å². The van der Waals surface area contributed by atoms with Crippen LogP contribution in [-0.2, 0) is 9.09 Å². The van der Waals surface area contributed by atoms with Crippen LogP contribution < -0.4 is 5.73 Å². The predicted molar refractivity (Wildman–Crippen MR) is 64.6 cm³/mol. The molecule has 0 spiro atoms. The highest BCUT2D eigenvalue weighted by Crippen LogP contribution is 2.46. The minimum absolute atomic E-state index is 0.155. The van der Waals surface area contributed by atoms with E-state index in [2.05, 4.69) is 0 Å². The van der Waals surface area contributed by atoms with E-state index < -0.39 is 13.4 Å². The molecule has 0 aromatic carbocycles. The van der Waals surface area contributed by atoms with Crippen LogP contribution >= 0.6 is 7.37 Å². The van der Waals surface area contributed by atoms with Crippen LogP contribution in [0.3, 0.4) is 0 Å². The zero-order valence-electron chi connectivity index (χ0n) is 9.89. The van der Waals surface area contributed by atoms with E-state index in [0.29, 0.717) is 12.6 Å². The highest BCUT2D eigenvalue weighted by molar-refractivity contribution is 7.58. The molecule has 0 aliphatic heterocycles. The Balaban J connectivity index is 2.32. The van der Waals surface area contributed by atoms with Crippen LogP contribution in [0.5, 0.6) is 0 Å². The van der Waals surface area contributed by atoms with Crippen molar-refractivity contribution in [1.29, 1.82) is 5.26 Å². The first-order valence-corrected chi connectivity index (χ1v) is 8.19. The van der Waals surface area contributed by atoms with Crippen molar-refractivity contribution in [2.75, 3.05) is 12.8 Å². The van der Waals surface area contributed by atoms with Gasteiger partial charge in [0.2, 0.25) is 7.37 Å². The quantitative estimate of drug-likeness (QED) is 0.754. The summed E-state index contributed by atoms with van der Waals surface area (Å²) in [5.74, 6) is 0. The number of hydrogen-bond donors (Lipinski definition) is 1. The van der Waals surface area contributed by atoms with Crippen molar-refractivity contribution < 1.29 is 9.09 Å². The molecule has 4 nitrogen and oxygen atoms in total. The fraction of sp³-hybridized carbons (Fsp3) is 0.909. The summed E-state index contributed by atoms with van der Waals surface area (Å²) in [4.78, 5) is 0. The average Bonchev–Trinajstić information content (AvgIpc) is 2.27. The molecule has 0 heterocycles. The second-order valence-electron chi connectivity index (χ2n) is 4.63. The number of nitrogens with two attached hydrogens (primary N) is 1. The van der Waals surface area contributed by atoms with Gasteiger partial charge in [0.15, 0.2) is 0 Å². The van der Waals surface area contributed by atoms with Crippen LogP contribution in [0.2, 0.25) is 0 Å². The van der Waals surface area contributed by atoms with Crippen molar-refractivity contribution in [3.05, 3.63) is 0 Å². The molecular weight excluding hydrogens is 223 g/mol. The van der Waals surface area contributed by atoms with Gasteiger partial charge in [-0.05, 0) is 19.3 Å². The lowest BCUT2D eigenvalue weighted by Crippen LogP contribution is -2.20. The standard InChI is InChI=1S/C11H21N2O2P/c1-16(14,8-7-10(13)9-12)15-11-5-3-2-4-6-11/h10-11H,2-8,13H2,1H3. The smallest absolute Gasteiger partial charge is 0.200 e. The molecule has 0 saturated heterocycles. The van der Waals surface area contributed by atoms with Crippen molar-refractivity contribution in [2.45, 2.75) is 50.7 Å². The summed E-state index contributed by atoms with van der Waals surface area (Å²) in [5, 5.41) is 8.55. The minimum Gasteiger partial charge on any atom is -0.325 e. The molecule has 0 amide bonds. The first-order chi connectivity index (χ1) is 7.53. The molecule has 2 atom stereocenters. The summed E-state index contributed by atoms with van der Waals surface area (Å²) >= 11 is 0. The lowest BCUT2D eigenvalue weighted by atomic mass is 9.98. The second-order valence-corrected chi connectivity index (χ2v) is 7.31. The summed E-state index contributed by atoms with van der Waals surface area (Å²) in [6.07, 6.45) is 6.65. The Morgan fingerprint density at radius 3 is 2.69 bits per heavy atom. The fourth-order valence-corrected chi connectivity index (χ4v) is 3.67. The summed E-state index contributed by atoms with van der Waals surface area (Å²) in [7, 11) is -2.56. The zero-order chi connectivity index (χ0) is 12.0. The van der Waals surface area contributed by atoms with Gasteiger partial charge in [-0.1, -0.05) is 19.3 Å². The van der Waals surface area contributed by atoms with Crippen LogP contribution in [0.25, 0.3) is 0 Å². The molecule has 1 aliphatic rings. The van der Waals surface area contributed by atoms with Crippen LogP contribution in [-0.4, -0.2) is 25.0 Å². The van der Waals surface area contributed by atoms with Crippen molar-refractivity contribution in [3.8, 4) is 6.07 Å². The van der Waals surface area contributed by atoms with Crippen molar-refractivity contribution in [3.63, 3.8) is 0 Å². The molecule has 0 aromatic rings. The van der Waals surface area contributed by atoms with Crippen molar-refractivity contribution >= 4 is 7.37 Å². The van der Waals surface area contributed by atoms with E-state index in [-0.39, 0.29) is 6.10 Å². The molecular formula is C11H21N2O2P. The summed E-state index contributed by atoms with van der Waals surface area (Å²) in [6, 6.07) is 1.42. The van der Waals surface area contributed by atoms with Crippen molar-refractivity contribution in [1.82, 2.24) is 0 Å². The molecule has 16 heavy (non-hydrogen) atoms. The van der Waals surface area contributed by atoms with Crippen LogP contribution in [0.1, 0.15) is 38.5 Å². The maximum Gasteiger partial charge on any atom is 0.200 e. The third-order valence-electron chi connectivity index (χ3n) is 2.94. The van der Waals surface area contributed by atoms with E-state index in [1.807, 2.05) is 6.07 Å². The van der Waals surface area contributed by atoms with Gasteiger partial charge in [0.05, 0.1) is 18.2 Å². The normalized spacial score (nSPS) is 23.3. The van der Waals surface area contributed by atoms with Gasteiger partial charge in [0.25, 0.3) is 0 Å². The Hall–Kier alpha value is -0.360. The van der Waals surface area contributed by atoms with Gasteiger partial charge < -0.3 is 10.3 Å². The van der Waals surface area contributed by atoms with Gasteiger partial charge in [-0.2, -0.15) is 5.26 Å². The Kier molecular flexibility index (Phi) is 5.48. The van der Waals surface area contributed by atoms with Crippen LogP contribution in [0.4, 0.5) is 0 Å². The average molecular weight is 244 g/mol. The maximum atomic E-state index is 12.1. The molecule has 1 rings (SSSR count). The first kappa shape index (κ1) is 13.7. The Labute approximate surface area is 97.6 Å². The number of rotatable bonds is 5. The maximum absolute atomic E-state index is 12.1. The summed E-state index contributed by atoms with van der Waals surface area (Å²) in [5.41, 5.74) is 5.48. The van der Waals surface area contributed by atoms with Gasteiger partial charge in [-0.3, -0.25) is 4.57 Å². The summed E-state index contributed by atoms with van der Waals surface area (Å²) < 4.78 is 17.8. The summed E-state index contributed by atoms with van der Waals surface area (Å²) in [6.45, 7) is 1.66. The molecule has 1 fully saturated rings. The topological polar surface area (TPSA) is 76.1 Å². The SMILES string of the molecule is CP(=O)(CCC(N)C#N)OC1CCCCC1. The minimum atomic E-state index is -2.56. The molecule has 5 heteroatoms. The van der Waals surface area contributed by atoms with E-state index in [1.165, 1.54) is 19.3 Å². The van der Waals surface area contributed by atoms with E-state index >= 15 is 0 Å². The fourth-order valence-electron chi connectivity index (χ4n) is 1.98. The molecule has 2 N–H and O–H groups in total. The molecule has 0 bridgehead atoms. The number of hydrogen-bond acceptors (Lipinski definition) is 4.